The summed E-state index contributed by atoms with van der Waals surface area (Å²) in [7, 11) is 10.6. The van der Waals surface area contributed by atoms with Crippen molar-refractivity contribution < 1.29 is 125 Å². The lowest BCUT2D eigenvalue weighted by Crippen LogP contribution is -2.58. The first-order valence-corrected chi connectivity index (χ1v) is 46.2. The highest BCUT2D eigenvalue weighted by molar-refractivity contribution is 5.79. The zero-order valence-corrected chi connectivity index (χ0v) is 77.8. The second-order valence-corrected chi connectivity index (χ2v) is 38.4. The molecule has 14 aliphatic rings. The van der Waals surface area contributed by atoms with Gasteiger partial charge in [0.25, 0.3) is 0 Å². The van der Waals surface area contributed by atoms with Gasteiger partial charge in [0.1, 0.15) is 71.9 Å². The maximum absolute atomic E-state index is 14.4. The molecule has 0 saturated carbocycles. The quantitative estimate of drug-likeness (QED) is 0.0582. The predicted molar refractivity (Wildman–Crippen MR) is 464 cm³/mol. The highest BCUT2D eigenvalue weighted by atomic mass is 16.8. The number of likely N-dealkylation sites (N-methyl/N-ethyl adjacent to an activating group) is 2. The largest absolute Gasteiger partial charge is 0.462 e. The molecule has 8 fully saturated rings. The maximum Gasteiger partial charge on any atom is 0.316 e. The number of hydrogen-bond acceptors (Lipinski definition) is 28. The monoisotopic (exact) mass is 1760 g/mol. The van der Waals surface area contributed by atoms with Crippen LogP contribution >= 0.6 is 0 Å². The summed E-state index contributed by atoms with van der Waals surface area (Å²) in [5, 5.41) is 54.1. The van der Waals surface area contributed by atoms with Crippen molar-refractivity contribution >= 4 is 11.9 Å². The number of nitrogens with one attached hydrogen (secondary N) is 2. The molecule has 6 N–H and O–H groups in total. The van der Waals surface area contributed by atoms with Crippen LogP contribution in [0.3, 0.4) is 0 Å². The van der Waals surface area contributed by atoms with Crippen molar-refractivity contribution in [2.45, 2.75) is 376 Å². The summed E-state index contributed by atoms with van der Waals surface area (Å²) in [4.78, 5) is 28.7. The van der Waals surface area contributed by atoms with E-state index in [1.54, 1.807) is 66.6 Å². The van der Waals surface area contributed by atoms with Gasteiger partial charge in [-0.15, -0.1) is 0 Å². The minimum atomic E-state index is -1.83. The summed E-state index contributed by atoms with van der Waals surface area (Å²) in [5.74, 6) is -5.07. The fraction of sp³-hybridized carbons (Fsp3) is 0.773. The molecule has 28 nitrogen and oxygen atoms in total. The molecule has 39 atom stereocenters. The number of esters is 2. The number of ether oxygens (including phenoxy) is 20. The molecule has 702 valence electrons. The van der Waals surface area contributed by atoms with Gasteiger partial charge in [0.15, 0.2) is 36.7 Å². The molecule has 2 spiro atoms. The van der Waals surface area contributed by atoms with Crippen molar-refractivity contribution in [2.75, 3.05) is 55.7 Å². The van der Waals surface area contributed by atoms with Crippen LogP contribution in [0.2, 0.25) is 0 Å². The second-order valence-electron chi connectivity index (χ2n) is 38.4. The summed E-state index contributed by atoms with van der Waals surface area (Å²) in [5.41, 5.74) is 0.355. The van der Waals surface area contributed by atoms with E-state index in [1.807, 2.05) is 78.2 Å². The van der Waals surface area contributed by atoms with Crippen LogP contribution in [0.25, 0.3) is 0 Å². The van der Waals surface area contributed by atoms with Gasteiger partial charge in [0.05, 0.1) is 111 Å². The van der Waals surface area contributed by atoms with Gasteiger partial charge < -0.3 is 126 Å². The third-order valence-electron chi connectivity index (χ3n) is 29.2. The van der Waals surface area contributed by atoms with Crippen LogP contribution < -0.4 is 10.6 Å². The van der Waals surface area contributed by atoms with Gasteiger partial charge in [-0.2, -0.15) is 0 Å². The summed E-state index contributed by atoms with van der Waals surface area (Å²) in [6, 6.07) is 0.0887. The van der Waals surface area contributed by atoms with Crippen molar-refractivity contribution in [3.05, 3.63) is 119 Å². The number of aliphatic hydroxyl groups is 4. The van der Waals surface area contributed by atoms with Crippen molar-refractivity contribution in [2.24, 2.45) is 47.3 Å². The lowest BCUT2D eigenvalue weighted by molar-refractivity contribution is -0.312. The van der Waals surface area contributed by atoms with Crippen LogP contribution in [0.15, 0.2) is 119 Å². The third kappa shape index (κ3) is 21.1. The van der Waals surface area contributed by atoms with Gasteiger partial charge in [-0.3, -0.25) is 9.59 Å². The first-order valence-electron chi connectivity index (χ1n) is 46.2. The standard InChI is InChI=1S/C49H75NO13.C48H73NO13/c1-12-26(2)44-29(5)18-19-48(63-44)24-35-21-34(62-48)17-16-28(4)43(27(3)14-13-15-33-25-56-46-42(51)30(6)20-36(47(52)59-35)49(33,46)53)60-40-23-38(55-11)45(32(8)58-40)61-39-22-37(54-10)41(50-9)31(7)57-39;1-25(2)42-28(5)17-18-47(62-42)23-34-20-33(61-47)16-15-27(4)43(26(3)13-12-14-32-24-55-45-41(50)29(6)19-35(46(51)58-34)48(32,45)52)59-39-22-37(54-11)44(31(8)57-39)60-38-21-36(53-10)40(49-9)30(7)56-38/h13-16,18-20,26-27,29,31-32,34-46,50-51,53H,12,17,21-25H2,1-11H3;12-15,17-19,25-26,28,30-31,33-45,49-50,52H,16,20-24H2,1-11H3. The fourth-order valence-electron chi connectivity index (χ4n) is 21.9. The Morgan fingerprint density at radius 3 is 1.23 bits per heavy atom. The second kappa shape index (κ2) is 41.7. The van der Waals surface area contributed by atoms with E-state index in [2.05, 4.69) is 104 Å². The SMILES string of the molecule is CCC(C)C1OC2(C=CC1C)CC1CC(CC=C(C)C(OC3CC(OC)C(OC4CC(OC)C(NC)C(C)O4)C(C)O3)C(C)C=CC=C3COC4C(O)C(C)=CC(C(=O)O1)C34O)O2.CNC1C(C)OC(OC2C(C)OC(OC3C(C)=CCC4CC(CC5(C=CC(C)C(C(C)C)O5)O4)OC(=O)C4C=C(C)C(O)C5OCC(=CC=CC3C)C45O)CC2OC)CC1OC. The number of aliphatic hydroxyl groups excluding tert-OH is 2. The molecular weight excluding hydrogens is 1610 g/mol. The van der Waals surface area contributed by atoms with Crippen LogP contribution in [0.1, 0.15) is 181 Å². The molecular formula is C97H148N2O26. The number of carbonyl (C=O) groups is 2. The Balaban J connectivity index is 0.000000215. The Labute approximate surface area is 741 Å². The molecule has 12 heterocycles. The minimum absolute atomic E-state index is 0.0407. The van der Waals surface area contributed by atoms with Gasteiger partial charge in [-0.05, 0) is 140 Å². The topological polar surface area (TPSA) is 324 Å². The molecule has 39 unspecified atom stereocenters. The summed E-state index contributed by atoms with van der Waals surface area (Å²) in [6.07, 6.45) is 20.5. The summed E-state index contributed by atoms with van der Waals surface area (Å²) in [6.45, 7) is 32.7. The van der Waals surface area contributed by atoms with Crippen molar-refractivity contribution in [3.63, 3.8) is 0 Å². The molecule has 12 aliphatic heterocycles. The van der Waals surface area contributed by atoms with E-state index in [0.29, 0.717) is 86.5 Å². The number of hydrogen-bond donors (Lipinski definition) is 6. The van der Waals surface area contributed by atoms with Crippen LogP contribution in [0.5, 0.6) is 0 Å². The van der Waals surface area contributed by atoms with Gasteiger partial charge in [0, 0.05) is 103 Å². The van der Waals surface area contributed by atoms with E-state index in [9.17, 15) is 30.0 Å². The smallest absolute Gasteiger partial charge is 0.316 e. The Hall–Kier alpha value is -4.62. The number of methoxy groups -OCH3 is 4. The van der Waals surface area contributed by atoms with Gasteiger partial charge in [-0.1, -0.05) is 135 Å². The molecule has 2 aliphatic carbocycles. The highest BCUT2D eigenvalue weighted by Gasteiger charge is 2.63. The van der Waals surface area contributed by atoms with Crippen molar-refractivity contribution in [1.82, 2.24) is 10.6 Å². The summed E-state index contributed by atoms with van der Waals surface area (Å²) >= 11 is 0. The maximum atomic E-state index is 14.4. The normalized spacial score (nSPS) is 46.5. The van der Waals surface area contributed by atoms with Crippen LogP contribution in [0.4, 0.5) is 0 Å². The highest BCUT2D eigenvalue weighted by Crippen LogP contribution is 2.51. The molecule has 8 saturated heterocycles. The van der Waals surface area contributed by atoms with E-state index < -0.39 is 133 Å². The van der Waals surface area contributed by atoms with E-state index in [-0.39, 0.29) is 134 Å². The van der Waals surface area contributed by atoms with Gasteiger partial charge in [-0.25, -0.2) is 0 Å². The Morgan fingerprint density at radius 1 is 0.472 bits per heavy atom. The molecule has 4 bridgehead atoms. The first-order chi connectivity index (χ1) is 59.5. The van der Waals surface area contributed by atoms with E-state index >= 15 is 0 Å². The Morgan fingerprint density at radius 2 is 0.848 bits per heavy atom. The van der Waals surface area contributed by atoms with E-state index in [1.165, 1.54) is 0 Å². The van der Waals surface area contributed by atoms with Gasteiger partial charge >= 0.3 is 11.9 Å². The van der Waals surface area contributed by atoms with Crippen molar-refractivity contribution in [1.29, 1.82) is 0 Å². The van der Waals surface area contributed by atoms with Crippen LogP contribution in [0, 0.1) is 47.3 Å². The summed E-state index contributed by atoms with van der Waals surface area (Å²) < 4.78 is 129. The zero-order chi connectivity index (χ0) is 90.1. The number of rotatable bonds is 17. The van der Waals surface area contributed by atoms with E-state index in [0.717, 1.165) is 17.6 Å². The number of carbonyl (C=O) groups excluding carboxylic acids is 2. The Kier molecular flexibility index (Phi) is 32.6. The molecule has 0 radical (unpaired) electrons. The van der Waals surface area contributed by atoms with Crippen LogP contribution in [-0.4, -0.2) is 282 Å². The average Bonchev–Trinajstić information content (AvgIpc) is 1.60. The zero-order valence-electron chi connectivity index (χ0n) is 77.8. The molecule has 0 amide bonds. The molecule has 0 aromatic heterocycles. The fourth-order valence-corrected chi connectivity index (χ4v) is 21.9. The molecule has 125 heavy (non-hydrogen) atoms. The average molecular weight is 1760 g/mol. The molecule has 28 heteroatoms. The Bertz CT molecular complexity index is 3970. The number of fused-ring (bicyclic) bond motifs is 4. The molecule has 0 aromatic carbocycles. The minimum Gasteiger partial charge on any atom is -0.462 e. The van der Waals surface area contributed by atoms with Crippen molar-refractivity contribution in [3.8, 4) is 0 Å². The predicted octanol–water partition coefficient (Wildman–Crippen LogP) is 10.8. The number of allylic oxidation sites excluding steroid dienone is 4. The first kappa shape index (κ1) is 97.9. The van der Waals surface area contributed by atoms with Gasteiger partial charge in [0.2, 0.25) is 0 Å². The lowest BCUT2D eigenvalue weighted by atomic mass is 9.71. The van der Waals surface area contributed by atoms with E-state index in [4.69, 9.17) is 94.7 Å². The molecule has 0 aromatic rings. The lowest BCUT2D eigenvalue weighted by Gasteiger charge is -2.48. The molecule has 14 rings (SSSR count). The van der Waals surface area contributed by atoms with Crippen LogP contribution in [-0.2, 0) is 104 Å². The third-order valence-corrected chi connectivity index (χ3v) is 29.2.